The molecule has 0 saturated carbocycles. The van der Waals surface area contributed by atoms with Crippen LogP contribution in [-0.2, 0) is 0 Å². The molecule has 0 unspecified atom stereocenters. The molecule has 20 heavy (non-hydrogen) atoms. The van der Waals surface area contributed by atoms with Gasteiger partial charge in [-0.3, -0.25) is 9.78 Å². The van der Waals surface area contributed by atoms with E-state index in [0.717, 1.165) is 5.69 Å². The summed E-state index contributed by atoms with van der Waals surface area (Å²) < 4.78 is 0. The number of likely N-dealkylation sites (N-methyl/N-ethyl adjacent to an activating group) is 1. The van der Waals surface area contributed by atoms with Gasteiger partial charge in [0.2, 0.25) is 0 Å². The molecule has 6 heteroatoms. The maximum absolute atomic E-state index is 11.8. The lowest BCUT2D eigenvalue weighted by atomic mass is 10.3. The number of carbonyl (C=O) groups is 1. The summed E-state index contributed by atoms with van der Waals surface area (Å²) in [5.74, 6) is -0.220. The van der Waals surface area contributed by atoms with Crippen LogP contribution in [0.25, 0.3) is 0 Å². The van der Waals surface area contributed by atoms with E-state index in [1.54, 1.807) is 0 Å². The Hall–Kier alpha value is -2.14. The van der Waals surface area contributed by atoms with Crippen LogP contribution in [0.2, 0.25) is 5.02 Å². The first-order valence-electron chi connectivity index (χ1n) is 6.18. The highest BCUT2D eigenvalue weighted by molar-refractivity contribution is 6.30. The minimum atomic E-state index is -0.220. The Balaban J connectivity index is 1.81. The van der Waals surface area contributed by atoms with Crippen molar-refractivity contribution in [3.63, 3.8) is 0 Å². The third kappa shape index (κ3) is 3.93. The van der Waals surface area contributed by atoms with E-state index in [-0.39, 0.29) is 5.91 Å². The Labute approximate surface area is 122 Å². The minimum Gasteiger partial charge on any atom is -0.373 e. The Kier molecular flexibility index (Phi) is 4.90. The molecule has 0 radical (unpaired) electrons. The number of amides is 1. The second-order valence-electron chi connectivity index (χ2n) is 4.24. The third-order valence-electron chi connectivity index (χ3n) is 2.80. The number of aromatic nitrogens is 2. The molecule has 0 spiro atoms. The fraction of sp³-hybridized carbons (Fsp3) is 0.214. The van der Waals surface area contributed by atoms with Gasteiger partial charge in [0.05, 0.1) is 6.20 Å². The lowest BCUT2D eigenvalue weighted by Crippen LogP contribution is -2.33. The largest absolute Gasteiger partial charge is 0.373 e. The van der Waals surface area contributed by atoms with Crippen molar-refractivity contribution in [2.45, 2.75) is 0 Å². The van der Waals surface area contributed by atoms with Gasteiger partial charge in [-0.05, 0) is 24.3 Å². The number of nitrogens with one attached hydrogen (secondary N) is 1. The SMILES string of the molecule is CN(CCNC(=O)c1cnccn1)c1ccc(Cl)cc1. The summed E-state index contributed by atoms with van der Waals surface area (Å²) in [5, 5.41) is 3.51. The Morgan fingerprint density at radius 1 is 1.30 bits per heavy atom. The molecule has 0 fully saturated rings. The molecule has 1 heterocycles. The van der Waals surface area contributed by atoms with E-state index < -0.39 is 0 Å². The molecule has 0 aliphatic carbocycles. The smallest absolute Gasteiger partial charge is 0.271 e. The number of hydrogen-bond acceptors (Lipinski definition) is 4. The van der Waals surface area contributed by atoms with Gasteiger partial charge in [0.15, 0.2) is 0 Å². The first-order chi connectivity index (χ1) is 9.66. The first kappa shape index (κ1) is 14.3. The van der Waals surface area contributed by atoms with Crippen LogP contribution >= 0.6 is 11.6 Å². The van der Waals surface area contributed by atoms with Crippen LogP contribution < -0.4 is 10.2 Å². The maximum Gasteiger partial charge on any atom is 0.271 e. The normalized spacial score (nSPS) is 10.1. The van der Waals surface area contributed by atoms with Crippen molar-refractivity contribution in [3.8, 4) is 0 Å². The number of carbonyl (C=O) groups excluding carboxylic acids is 1. The molecule has 0 saturated heterocycles. The number of nitrogens with zero attached hydrogens (tertiary/aromatic N) is 3. The average molecular weight is 291 g/mol. The molecule has 2 aromatic rings. The standard InChI is InChI=1S/C14H15ClN4O/c1-19(12-4-2-11(15)3-5-12)9-8-18-14(20)13-10-16-6-7-17-13/h2-7,10H,8-9H2,1H3,(H,18,20). The quantitative estimate of drug-likeness (QED) is 0.915. The van der Waals surface area contributed by atoms with Gasteiger partial charge in [0.25, 0.3) is 5.91 Å². The lowest BCUT2D eigenvalue weighted by molar-refractivity contribution is 0.0949. The van der Waals surface area contributed by atoms with Crippen molar-refractivity contribution >= 4 is 23.2 Å². The van der Waals surface area contributed by atoms with Crippen molar-refractivity contribution in [2.24, 2.45) is 0 Å². The topological polar surface area (TPSA) is 58.1 Å². The summed E-state index contributed by atoms with van der Waals surface area (Å²) in [6.07, 6.45) is 4.47. The van der Waals surface area contributed by atoms with Gasteiger partial charge in [0.1, 0.15) is 5.69 Å². The van der Waals surface area contributed by atoms with Crippen LogP contribution in [-0.4, -0.2) is 36.0 Å². The predicted molar refractivity (Wildman–Crippen MR) is 79.1 cm³/mol. The lowest BCUT2D eigenvalue weighted by Gasteiger charge is -2.19. The summed E-state index contributed by atoms with van der Waals surface area (Å²) in [5.41, 5.74) is 1.37. The van der Waals surface area contributed by atoms with Crippen LogP contribution in [0.5, 0.6) is 0 Å². The van der Waals surface area contributed by atoms with Gasteiger partial charge < -0.3 is 10.2 Å². The number of rotatable bonds is 5. The van der Waals surface area contributed by atoms with Crippen LogP contribution in [0, 0.1) is 0 Å². The van der Waals surface area contributed by atoms with Crippen molar-refractivity contribution in [1.82, 2.24) is 15.3 Å². The molecule has 1 aromatic heterocycles. The van der Waals surface area contributed by atoms with E-state index in [9.17, 15) is 4.79 Å². The number of anilines is 1. The number of hydrogen-bond donors (Lipinski definition) is 1. The molecule has 1 amide bonds. The Bertz CT molecular complexity index is 559. The van der Waals surface area contributed by atoms with Gasteiger partial charge in [-0.1, -0.05) is 11.6 Å². The van der Waals surface area contributed by atoms with Crippen LogP contribution in [0.4, 0.5) is 5.69 Å². The number of benzene rings is 1. The predicted octanol–water partition coefficient (Wildman–Crippen LogP) is 2.00. The van der Waals surface area contributed by atoms with Gasteiger partial charge in [-0.25, -0.2) is 4.98 Å². The van der Waals surface area contributed by atoms with E-state index >= 15 is 0 Å². The van der Waals surface area contributed by atoms with Crippen LogP contribution in [0.1, 0.15) is 10.5 Å². The summed E-state index contributed by atoms with van der Waals surface area (Å²) in [4.78, 5) is 21.6. The highest BCUT2D eigenvalue weighted by Gasteiger charge is 2.06. The fourth-order valence-electron chi connectivity index (χ4n) is 1.67. The molecule has 0 aliphatic heterocycles. The molecule has 1 N–H and O–H groups in total. The fourth-order valence-corrected chi connectivity index (χ4v) is 1.79. The Morgan fingerprint density at radius 3 is 2.70 bits per heavy atom. The average Bonchev–Trinajstić information content (AvgIpc) is 2.48. The van der Waals surface area contributed by atoms with E-state index in [2.05, 4.69) is 15.3 Å². The molecule has 1 aromatic carbocycles. The van der Waals surface area contributed by atoms with Crippen molar-refractivity contribution in [2.75, 3.05) is 25.0 Å². The van der Waals surface area contributed by atoms with E-state index in [4.69, 9.17) is 11.6 Å². The van der Waals surface area contributed by atoms with Crippen molar-refractivity contribution < 1.29 is 4.79 Å². The third-order valence-corrected chi connectivity index (χ3v) is 3.05. The summed E-state index contributed by atoms with van der Waals surface area (Å²) in [6, 6.07) is 7.55. The molecule has 0 aliphatic rings. The molecule has 0 atom stereocenters. The second-order valence-corrected chi connectivity index (χ2v) is 4.68. The zero-order valence-electron chi connectivity index (χ0n) is 11.1. The molecule has 0 bridgehead atoms. The zero-order valence-corrected chi connectivity index (χ0v) is 11.8. The van der Waals surface area contributed by atoms with Gasteiger partial charge in [-0.15, -0.1) is 0 Å². The summed E-state index contributed by atoms with van der Waals surface area (Å²) in [6.45, 7) is 1.21. The van der Waals surface area contributed by atoms with Gasteiger partial charge in [0, 0.05) is 43.2 Å². The molecule has 2 rings (SSSR count). The van der Waals surface area contributed by atoms with E-state index in [0.29, 0.717) is 23.8 Å². The minimum absolute atomic E-state index is 0.220. The summed E-state index contributed by atoms with van der Waals surface area (Å²) in [7, 11) is 1.96. The Morgan fingerprint density at radius 2 is 2.05 bits per heavy atom. The monoisotopic (exact) mass is 290 g/mol. The van der Waals surface area contributed by atoms with Gasteiger partial charge >= 0.3 is 0 Å². The van der Waals surface area contributed by atoms with E-state index in [1.165, 1.54) is 18.6 Å². The van der Waals surface area contributed by atoms with Gasteiger partial charge in [-0.2, -0.15) is 0 Å². The van der Waals surface area contributed by atoms with Crippen LogP contribution in [0.15, 0.2) is 42.9 Å². The molecular formula is C14H15ClN4O. The summed E-state index contributed by atoms with van der Waals surface area (Å²) >= 11 is 5.84. The highest BCUT2D eigenvalue weighted by atomic mass is 35.5. The molecule has 5 nitrogen and oxygen atoms in total. The number of halogens is 1. The van der Waals surface area contributed by atoms with Crippen molar-refractivity contribution in [1.29, 1.82) is 0 Å². The second kappa shape index (κ2) is 6.86. The molecule has 104 valence electrons. The van der Waals surface area contributed by atoms with Crippen LogP contribution in [0.3, 0.4) is 0 Å². The maximum atomic E-state index is 11.8. The first-order valence-corrected chi connectivity index (χ1v) is 6.55. The van der Waals surface area contributed by atoms with E-state index in [1.807, 2.05) is 36.2 Å². The van der Waals surface area contributed by atoms with Crippen molar-refractivity contribution in [3.05, 3.63) is 53.6 Å². The molecular weight excluding hydrogens is 276 g/mol. The highest BCUT2D eigenvalue weighted by Crippen LogP contribution is 2.16. The zero-order chi connectivity index (χ0) is 14.4.